The highest BCUT2D eigenvalue weighted by Crippen LogP contribution is 2.31. The van der Waals surface area contributed by atoms with Crippen molar-refractivity contribution >= 4 is 29.0 Å². The van der Waals surface area contributed by atoms with Gasteiger partial charge in [-0.3, -0.25) is 10.1 Å². The smallest absolute Gasteiger partial charge is 0.337 e. The van der Waals surface area contributed by atoms with Crippen LogP contribution in [0.3, 0.4) is 0 Å². The monoisotopic (exact) mass is 321 g/mol. The molecule has 1 atom stereocenters. The van der Waals surface area contributed by atoms with E-state index in [2.05, 4.69) is 5.32 Å². The highest BCUT2D eigenvalue weighted by molar-refractivity contribution is 7.80. The maximum absolute atomic E-state index is 12.1. The van der Waals surface area contributed by atoms with Gasteiger partial charge in [0.05, 0.1) is 23.6 Å². The number of nitro groups is 1. The molecule has 0 amide bonds. The molecule has 116 valence electrons. The second kappa shape index (κ2) is 6.10. The summed E-state index contributed by atoms with van der Waals surface area (Å²) in [4.78, 5) is 24.0. The molecule has 0 aliphatic carbocycles. The number of nitro benzene ring substituents is 1. The summed E-state index contributed by atoms with van der Waals surface area (Å²) in [6.07, 6.45) is 0. The van der Waals surface area contributed by atoms with Crippen LogP contribution in [0, 0.1) is 10.1 Å². The van der Waals surface area contributed by atoms with Crippen LogP contribution < -0.4 is 5.32 Å². The lowest BCUT2D eigenvalue weighted by Gasteiger charge is -2.35. The maximum Gasteiger partial charge on any atom is 0.337 e. The van der Waals surface area contributed by atoms with Gasteiger partial charge in [-0.25, -0.2) is 4.79 Å². The minimum absolute atomic E-state index is 0.0143. The molecule has 22 heavy (non-hydrogen) atoms. The van der Waals surface area contributed by atoms with E-state index in [4.69, 9.17) is 17.0 Å². The van der Waals surface area contributed by atoms with Crippen LogP contribution in [0.1, 0.15) is 18.5 Å². The Morgan fingerprint density at radius 3 is 2.50 bits per heavy atom. The van der Waals surface area contributed by atoms with Gasteiger partial charge in [0.2, 0.25) is 0 Å². The van der Waals surface area contributed by atoms with Crippen LogP contribution in [-0.4, -0.2) is 35.1 Å². The maximum atomic E-state index is 12.1. The van der Waals surface area contributed by atoms with E-state index in [0.717, 1.165) is 0 Å². The van der Waals surface area contributed by atoms with Gasteiger partial charge in [-0.15, -0.1) is 0 Å². The molecule has 1 aromatic rings. The molecule has 2 rings (SSSR count). The summed E-state index contributed by atoms with van der Waals surface area (Å²) in [6, 6.07) is 5.47. The van der Waals surface area contributed by atoms with Crippen LogP contribution >= 0.6 is 12.2 Å². The number of nitrogens with one attached hydrogen (secondary N) is 1. The first-order valence-electron chi connectivity index (χ1n) is 6.44. The van der Waals surface area contributed by atoms with Crippen molar-refractivity contribution in [1.29, 1.82) is 0 Å². The molecule has 1 heterocycles. The largest absolute Gasteiger partial charge is 0.466 e. The Kier molecular flexibility index (Phi) is 4.41. The average Bonchev–Trinajstić information content (AvgIpc) is 2.51. The van der Waals surface area contributed by atoms with E-state index in [9.17, 15) is 14.9 Å². The van der Waals surface area contributed by atoms with Crippen LogP contribution in [0.15, 0.2) is 35.5 Å². The molecule has 0 fully saturated rings. The number of rotatable bonds is 3. The lowest BCUT2D eigenvalue weighted by Crippen LogP contribution is -2.46. The third-order valence-electron chi connectivity index (χ3n) is 3.60. The molecule has 0 saturated carbocycles. The standard InChI is InChI=1S/C14H15N3O4S/c1-8-11(13(18)21-3)12(15-14(22)16(8)2)9-4-6-10(7-5-9)17(19)20/h4-7,12H,1-3H3,(H,15,22)/t12-/m0/s1. The molecule has 1 aliphatic heterocycles. The fraction of sp³-hybridized carbons (Fsp3) is 0.286. The molecular weight excluding hydrogens is 306 g/mol. The van der Waals surface area contributed by atoms with Gasteiger partial charge in [-0.2, -0.15) is 0 Å². The molecule has 1 N–H and O–H groups in total. The molecule has 8 heteroatoms. The summed E-state index contributed by atoms with van der Waals surface area (Å²) in [6.45, 7) is 1.78. The summed E-state index contributed by atoms with van der Waals surface area (Å²) < 4.78 is 4.84. The Morgan fingerprint density at radius 2 is 2.00 bits per heavy atom. The molecule has 0 radical (unpaired) electrons. The molecule has 0 bridgehead atoms. The van der Waals surface area contributed by atoms with Crippen molar-refractivity contribution in [1.82, 2.24) is 10.2 Å². The van der Waals surface area contributed by atoms with E-state index in [1.807, 2.05) is 0 Å². The first kappa shape index (κ1) is 15.9. The topological polar surface area (TPSA) is 84.7 Å². The van der Waals surface area contributed by atoms with Crippen molar-refractivity contribution < 1.29 is 14.5 Å². The van der Waals surface area contributed by atoms with Crippen LogP contribution in [0.25, 0.3) is 0 Å². The summed E-state index contributed by atoms with van der Waals surface area (Å²) in [5, 5.41) is 14.3. The number of thiocarbonyl (C=S) groups is 1. The lowest BCUT2D eigenvalue weighted by atomic mass is 9.95. The Bertz CT molecular complexity index is 669. The zero-order valence-corrected chi connectivity index (χ0v) is 13.1. The van der Waals surface area contributed by atoms with E-state index in [1.54, 1.807) is 31.0 Å². The van der Waals surface area contributed by atoms with Gasteiger partial charge in [-0.05, 0) is 36.8 Å². The third-order valence-corrected chi connectivity index (χ3v) is 3.99. The van der Waals surface area contributed by atoms with Gasteiger partial charge < -0.3 is 15.0 Å². The van der Waals surface area contributed by atoms with Crippen molar-refractivity contribution in [3.63, 3.8) is 0 Å². The van der Waals surface area contributed by atoms with E-state index in [1.165, 1.54) is 19.2 Å². The van der Waals surface area contributed by atoms with E-state index in [0.29, 0.717) is 21.9 Å². The molecule has 0 saturated heterocycles. The van der Waals surface area contributed by atoms with Crippen molar-refractivity contribution in [2.75, 3.05) is 14.2 Å². The molecule has 1 aliphatic rings. The van der Waals surface area contributed by atoms with Gasteiger partial charge in [0.25, 0.3) is 5.69 Å². The van der Waals surface area contributed by atoms with Gasteiger partial charge in [0.15, 0.2) is 5.11 Å². The van der Waals surface area contributed by atoms with Crippen molar-refractivity contribution in [3.05, 3.63) is 51.2 Å². The number of hydrogen-bond donors (Lipinski definition) is 1. The number of ether oxygens (including phenoxy) is 1. The normalized spacial score (nSPS) is 18.0. The number of carbonyl (C=O) groups excluding carboxylic acids is 1. The summed E-state index contributed by atoms with van der Waals surface area (Å²) in [5.41, 5.74) is 1.78. The van der Waals surface area contributed by atoms with Crippen LogP contribution in [0.5, 0.6) is 0 Å². The van der Waals surface area contributed by atoms with Crippen LogP contribution in [0.2, 0.25) is 0 Å². The van der Waals surface area contributed by atoms with Crippen LogP contribution in [0.4, 0.5) is 5.69 Å². The number of carbonyl (C=O) groups is 1. The fourth-order valence-corrected chi connectivity index (χ4v) is 2.50. The minimum Gasteiger partial charge on any atom is -0.466 e. The summed E-state index contributed by atoms with van der Waals surface area (Å²) in [7, 11) is 3.06. The molecular formula is C14H15N3O4S. The molecule has 7 nitrogen and oxygen atoms in total. The van der Waals surface area contributed by atoms with Gasteiger partial charge in [0, 0.05) is 24.9 Å². The second-order valence-electron chi connectivity index (χ2n) is 4.78. The fourth-order valence-electron chi connectivity index (χ4n) is 2.25. The first-order chi connectivity index (χ1) is 10.4. The molecule has 1 aromatic carbocycles. The van der Waals surface area contributed by atoms with Crippen LogP contribution in [-0.2, 0) is 9.53 Å². The number of esters is 1. The highest BCUT2D eigenvalue weighted by Gasteiger charge is 2.33. The predicted molar refractivity (Wildman–Crippen MR) is 84.1 cm³/mol. The Labute approximate surface area is 132 Å². The molecule has 0 aromatic heterocycles. The minimum atomic E-state index is -0.503. The number of benzene rings is 1. The number of hydrogen-bond acceptors (Lipinski definition) is 5. The second-order valence-corrected chi connectivity index (χ2v) is 5.17. The predicted octanol–water partition coefficient (Wildman–Crippen LogP) is 1.90. The highest BCUT2D eigenvalue weighted by atomic mass is 32.1. The number of methoxy groups -OCH3 is 1. The van der Waals surface area contributed by atoms with Crippen molar-refractivity contribution in [3.8, 4) is 0 Å². The Hall–Kier alpha value is -2.48. The number of allylic oxidation sites excluding steroid dienone is 1. The van der Waals surface area contributed by atoms with Gasteiger partial charge in [0.1, 0.15) is 0 Å². The Morgan fingerprint density at radius 1 is 1.41 bits per heavy atom. The van der Waals surface area contributed by atoms with Gasteiger partial charge in [-0.1, -0.05) is 0 Å². The molecule has 0 spiro atoms. The lowest BCUT2D eigenvalue weighted by molar-refractivity contribution is -0.384. The Balaban J connectivity index is 2.49. The first-order valence-corrected chi connectivity index (χ1v) is 6.85. The number of non-ortho nitro benzene ring substituents is 1. The third kappa shape index (κ3) is 2.77. The average molecular weight is 321 g/mol. The SMILES string of the molecule is COC(=O)C1=C(C)N(C)C(=S)N[C@H]1c1ccc([N+](=O)[O-])cc1. The molecule has 0 unspecified atom stereocenters. The van der Waals surface area contributed by atoms with Crippen molar-refractivity contribution in [2.45, 2.75) is 13.0 Å². The number of nitrogens with zero attached hydrogens (tertiary/aromatic N) is 2. The van der Waals surface area contributed by atoms with E-state index < -0.39 is 16.9 Å². The quantitative estimate of drug-likeness (QED) is 0.394. The summed E-state index contributed by atoms with van der Waals surface area (Å²) >= 11 is 5.25. The zero-order chi connectivity index (χ0) is 16.4. The van der Waals surface area contributed by atoms with Gasteiger partial charge >= 0.3 is 5.97 Å². The van der Waals surface area contributed by atoms with Crippen molar-refractivity contribution in [2.24, 2.45) is 0 Å². The van der Waals surface area contributed by atoms with E-state index >= 15 is 0 Å². The summed E-state index contributed by atoms with van der Waals surface area (Å²) in [5.74, 6) is -0.470. The zero-order valence-electron chi connectivity index (χ0n) is 12.3. The van der Waals surface area contributed by atoms with E-state index in [-0.39, 0.29) is 5.69 Å².